The second-order valence-electron chi connectivity index (χ2n) is 6.37. The molecule has 1 saturated heterocycles. The molecule has 0 aliphatic carbocycles. The van der Waals surface area contributed by atoms with E-state index in [1.807, 2.05) is 20.8 Å². The summed E-state index contributed by atoms with van der Waals surface area (Å²) in [7, 11) is -3.20. The molecule has 0 radical (unpaired) electrons. The molecular formula is C16H28N4O3S2. The maximum atomic E-state index is 12.3. The highest BCUT2D eigenvalue weighted by Gasteiger charge is 2.42. The first kappa shape index (κ1) is 20.1. The number of rotatable bonds is 6. The van der Waals surface area contributed by atoms with E-state index in [0.717, 1.165) is 10.7 Å². The van der Waals surface area contributed by atoms with Gasteiger partial charge in [0, 0.05) is 37.4 Å². The summed E-state index contributed by atoms with van der Waals surface area (Å²) in [5.74, 6) is 0.613. The fourth-order valence-electron chi connectivity index (χ4n) is 2.76. The molecule has 2 rings (SSSR count). The average molecular weight is 389 g/mol. The van der Waals surface area contributed by atoms with Crippen LogP contribution in [0.15, 0.2) is 4.99 Å². The molecule has 1 aromatic heterocycles. The van der Waals surface area contributed by atoms with Crippen molar-refractivity contribution in [2.75, 3.05) is 32.6 Å². The molecule has 2 heterocycles. The topological polar surface area (TPSA) is 92.7 Å². The predicted octanol–water partition coefficient (Wildman–Crippen LogP) is 1.41. The quantitative estimate of drug-likeness (QED) is 0.565. The van der Waals surface area contributed by atoms with Gasteiger partial charge in [0.2, 0.25) is 0 Å². The van der Waals surface area contributed by atoms with Gasteiger partial charge >= 0.3 is 0 Å². The summed E-state index contributed by atoms with van der Waals surface area (Å²) in [5, 5.41) is 7.34. The zero-order valence-corrected chi connectivity index (χ0v) is 17.0. The van der Waals surface area contributed by atoms with Crippen molar-refractivity contribution in [3.05, 3.63) is 15.6 Å². The smallest absolute Gasteiger partial charge is 0.191 e. The SMILES string of the molecule is CCNC(=NCc1nc(C)c(C)s1)NCC1(S(C)(=O)=O)CCOCC1. The minimum atomic E-state index is -3.20. The Morgan fingerprint density at radius 3 is 2.52 bits per heavy atom. The zero-order valence-electron chi connectivity index (χ0n) is 15.4. The number of hydrogen-bond donors (Lipinski definition) is 2. The van der Waals surface area contributed by atoms with Crippen LogP contribution in [0.1, 0.15) is 35.3 Å². The molecule has 0 unspecified atom stereocenters. The van der Waals surface area contributed by atoms with Gasteiger partial charge in [-0.3, -0.25) is 0 Å². The Morgan fingerprint density at radius 2 is 2.00 bits per heavy atom. The maximum Gasteiger partial charge on any atom is 0.191 e. The summed E-state index contributed by atoms with van der Waals surface area (Å²) in [6, 6.07) is 0. The summed E-state index contributed by atoms with van der Waals surface area (Å²) in [6.45, 7) is 8.47. The number of aliphatic imine (C=N–C) groups is 1. The van der Waals surface area contributed by atoms with Crippen LogP contribution in [0.5, 0.6) is 0 Å². The summed E-state index contributed by atoms with van der Waals surface area (Å²) in [4.78, 5) is 10.2. The molecule has 25 heavy (non-hydrogen) atoms. The van der Waals surface area contributed by atoms with Gasteiger partial charge in [0.1, 0.15) is 5.01 Å². The molecule has 0 atom stereocenters. The number of ether oxygens (including phenoxy) is 1. The second kappa shape index (κ2) is 8.46. The lowest BCUT2D eigenvalue weighted by molar-refractivity contribution is 0.0756. The van der Waals surface area contributed by atoms with Crippen molar-refractivity contribution in [1.82, 2.24) is 15.6 Å². The Kier molecular flexibility index (Phi) is 6.81. The number of sulfone groups is 1. The fraction of sp³-hybridized carbons (Fsp3) is 0.750. The van der Waals surface area contributed by atoms with Gasteiger partial charge in [-0.05, 0) is 33.6 Å². The third kappa shape index (κ3) is 5.15. The third-order valence-corrected chi connectivity index (χ3v) is 7.74. The molecule has 142 valence electrons. The van der Waals surface area contributed by atoms with Gasteiger partial charge in [0.25, 0.3) is 0 Å². The lowest BCUT2D eigenvalue weighted by atomic mass is 9.99. The van der Waals surface area contributed by atoms with E-state index in [-0.39, 0.29) is 0 Å². The van der Waals surface area contributed by atoms with E-state index >= 15 is 0 Å². The van der Waals surface area contributed by atoms with Crippen LogP contribution in [-0.2, 0) is 21.1 Å². The highest BCUT2D eigenvalue weighted by atomic mass is 32.2. The van der Waals surface area contributed by atoms with Crippen LogP contribution >= 0.6 is 11.3 Å². The third-order valence-electron chi connectivity index (χ3n) is 4.56. The summed E-state index contributed by atoms with van der Waals surface area (Å²) < 4.78 is 29.2. The maximum absolute atomic E-state index is 12.3. The van der Waals surface area contributed by atoms with Crippen LogP contribution < -0.4 is 10.6 Å². The molecule has 1 fully saturated rings. The standard InChI is InChI=1S/C16H28N4O3S2/c1-5-17-15(18-10-14-20-12(2)13(3)24-14)19-11-16(25(4,21)22)6-8-23-9-7-16/h5-11H2,1-4H3,(H2,17,18,19). The van der Waals surface area contributed by atoms with Crippen LogP contribution in [0.25, 0.3) is 0 Å². The van der Waals surface area contributed by atoms with E-state index in [9.17, 15) is 8.42 Å². The van der Waals surface area contributed by atoms with Crippen LogP contribution in [-0.4, -0.2) is 56.7 Å². The largest absolute Gasteiger partial charge is 0.381 e. The van der Waals surface area contributed by atoms with Crippen molar-refractivity contribution in [3.8, 4) is 0 Å². The number of nitrogens with one attached hydrogen (secondary N) is 2. The Morgan fingerprint density at radius 1 is 1.32 bits per heavy atom. The van der Waals surface area contributed by atoms with Crippen molar-refractivity contribution in [2.24, 2.45) is 4.99 Å². The van der Waals surface area contributed by atoms with E-state index < -0.39 is 14.6 Å². The van der Waals surface area contributed by atoms with Crippen molar-refractivity contribution in [2.45, 2.75) is 44.9 Å². The van der Waals surface area contributed by atoms with Gasteiger partial charge in [-0.15, -0.1) is 11.3 Å². The summed E-state index contributed by atoms with van der Waals surface area (Å²) >= 11 is 1.64. The van der Waals surface area contributed by atoms with Crippen LogP contribution in [0.3, 0.4) is 0 Å². The average Bonchev–Trinajstić information content (AvgIpc) is 2.88. The van der Waals surface area contributed by atoms with Crippen LogP contribution in [0, 0.1) is 13.8 Å². The Balaban J connectivity index is 2.08. The number of nitrogens with zero attached hydrogens (tertiary/aromatic N) is 2. The first-order chi connectivity index (χ1) is 11.8. The van der Waals surface area contributed by atoms with E-state index in [0.29, 0.717) is 51.6 Å². The van der Waals surface area contributed by atoms with E-state index in [1.165, 1.54) is 11.1 Å². The molecule has 9 heteroatoms. The van der Waals surface area contributed by atoms with Gasteiger partial charge in [-0.25, -0.2) is 18.4 Å². The number of aryl methyl sites for hydroxylation is 2. The molecular weight excluding hydrogens is 360 g/mol. The Labute approximate surface area is 154 Å². The van der Waals surface area contributed by atoms with Crippen molar-refractivity contribution in [3.63, 3.8) is 0 Å². The lowest BCUT2D eigenvalue weighted by Crippen LogP contribution is -2.53. The Hall–Kier alpha value is -1.19. The van der Waals surface area contributed by atoms with Gasteiger partial charge < -0.3 is 15.4 Å². The first-order valence-electron chi connectivity index (χ1n) is 8.50. The zero-order chi connectivity index (χ0) is 18.5. The minimum absolute atomic E-state index is 0.330. The van der Waals surface area contributed by atoms with Gasteiger partial charge in [-0.2, -0.15) is 0 Å². The summed E-state index contributed by atoms with van der Waals surface area (Å²) in [6.07, 6.45) is 2.32. The minimum Gasteiger partial charge on any atom is -0.381 e. The van der Waals surface area contributed by atoms with E-state index in [1.54, 1.807) is 11.3 Å². The lowest BCUT2D eigenvalue weighted by Gasteiger charge is -2.35. The molecule has 1 aliphatic heterocycles. The monoisotopic (exact) mass is 388 g/mol. The number of aromatic nitrogens is 1. The molecule has 7 nitrogen and oxygen atoms in total. The van der Waals surface area contributed by atoms with Crippen molar-refractivity contribution >= 4 is 27.1 Å². The van der Waals surface area contributed by atoms with E-state index in [4.69, 9.17) is 4.74 Å². The molecule has 1 aromatic rings. The fourth-order valence-corrected chi connectivity index (χ4v) is 4.86. The van der Waals surface area contributed by atoms with Crippen molar-refractivity contribution < 1.29 is 13.2 Å². The van der Waals surface area contributed by atoms with Gasteiger partial charge in [-0.1, -0.05) is 0 Å². The van der Waals surface area contributed by atoms with Gasteiger partial charge in [0.05, 0.1) is 17.0 Å². The number of guanidine groups is 1. The molecule has 2 N–H and O–H groups in total. The normalized spacial score (nSPS) is 18.2. The number of hydrogen-bond acceptors (Lipinski definition) is 6. The highest BCUT2D eigenvalue weighted by molar-refractivity contribution is 7.92. The highest BCUT2D eigenvalue weighted by Crippen LogP contribution is 2.28. The summed E-state index contributed by atoms with van der Waals surface area (Å²) in [5.41, 5.74) is 1.03. The molecule has 0 bridgehead atoms. The molecule has 0 spiro atoms. The molecule has 1 aliphatic rings. The molecule has 0 saturated carbocycles. The molecule has 0 amide bonds. The van der Waals surface area contributed by atoms with Gasteiger partial charge in [0.15, 0.2) is 15.8 Å². The van der Waals surface area contributed by atoms with Crippen LogP contribution in [0.2, 0.25) is 0 Å². The molecule has 0 aromatic carbocycles. The number of thiazole rings is 1. The Bertz CT molecular complexity index is 687. The predicted molar refractivity (Wildman–Crippen MR) is 102 cm³/mol. The first-order valence-corrected chi connectivity index (χ1v) is 11.2. The van der Waals surface area contributed by atoms with Crippen LogP contribution in [0.4, 0.5) is 0 Å². The van der Waals surface area contributed by atoms with E-state index in [2.05, 4.69) is 20.6 Å². The second-order valence-corrected chi connectivity index (χ2v) is 10.1. The van der Waals surface area contributed by atoms with Crippen molar-refractivity contribution in [1.29, 1.82) is 0 Å².